The molecule has 2 heterocycles. The first-order valence-electron chi connectivity index (χ1n) is 9.69. The second-order valence-corrected chi connectivity index (χ2v) is 7.53. The number of carbonyl (C=O) groups is 1. The normalized spacial score (nSPS) is 15.8. The Morgan fingerprint density at radius 2 is 2.04 bits per heavy atom. The van der Waals surface area contributed by atoms with Crippen molar-refractivity contribution < 1.29 is 14.6 Å². The number of hydrogen-bond donors (Lipinski definition) is 2. The van der Waals surface area contributed by atoms with Crippen LogP contribution in [0.5, 0.6) is 11.5 Å². The number of hydrogen-bond acceptors (Lipinski definition) is 6. The van der Waals surface area contributed by atoms with Crippen LogP contribution in [0.2, 0.25) is 0 Å². The maximum absolute atomic E-state index is 12.0. The molecule has 8 heteroatoms. The molecule has 0 spiro atoms. The van der Waals surface area contributed by atoms with E-state index in [4.69, 9.17) is 4.74 Å². The summed E-state index contributed by atoms with van der Waals surface area (Å²) in [6, 6.07) is 5.04. The standard InChI is InChI=1S/C20H29N5O3/c1-13(2)20(27)21-14(3)19-23-22-18-7-8-24(9-10-25(18)19)12-15-5-6-16(26)11-17(15)28-4/h5-6,11,13-14,26H,7-10,12H2,1-4H3,(H,21,27)/t14-/m1/s1. The number of fused-ring (bicyclic) bond motifs is 1. The quantitative estimate of drug-likeness (QED) is 0.786. The molecule has 0 radical (unpaired) electrons. The minimum Gasteiger partial charge on any atom is -0.508 e. The Balaban J connectivity index is 1.69. The fourth-order valence-electron chi connectivity index (χ4n) is 3.42. The summed E-state index contributed by atoms with van der Waals surface area (Å²) in [7, 11) is 1.61. The van der Waals surface area contributed by atoms with Gasteiger partial charge in [0.2, 0.25) is 5.91 Å². The van der Waals surface area contributed by atoms with Crippen LogP contribution in [0.15, 0.2) is 18.2 Å². The van der Waals surface area contributed by atoms with Gasteiger partial charge in [0.05, 0.1) is 13.2 Å². The van der Waals surface area contributed by atoms with E-state index in [1.54, 1.807) is 19.2 Å². The predicted molar refractivity (Wildman–Crippen MR) is 105 cm³/mol. The molecule has 1 atom stereocenters. The minimum atomic E-state index is -0.181. The maximum atomic E-state index is 12.0. The number of carbonyl (C=O) groups excluding carboxylic acids is 1. The van der Waals surface area contributed by atoms with Gasteiger partial charge in [-0.05, 0) is 13.0 Å². The van der Waals surface area contributed by atoms with Crippen molar-refractivity contribution in [1.29, 1.82) is 0 Å². The van der Waals surface area contributed by atoms with Gasteiger partial charge in [-0.25, -0.2) is 0 Å². The molecule has 0 saturated carbocycles. The number of ether oxygens (including phenoxy) is 1. The van der Waals surface area contributed by atoms with Crippen molar-refractivity contribution in [1.82, 2.24) is 25.0 Å². The summed E-state index contributed by atoms with van der Waals surface area (Å²) in [6.07, 6.45) is 0.790. The van der Waals surface area contributed by atoms with Gasteiger partial charge in [-0.3, -0.25) is 9.69 Å². The van der Waals surface area contributed by atoms with Crippen molar-refractivity contribution in [2.24, 2.45) is 5.92 Å². The third-order valence-electron chi connectivity index (χ3n) is 5.08. The van der Waals surface area contributed by atoms with Crippen LogP contribution in [0.4, 0.5) is 0 Å². The summed E-state index contributed by atoms with van der Waals surface area (Å²) >= 11 is 0. The largest absolute Gasteiger partial charge is 0.508 e. The molecule has 1 amide bonds. The molecule has 1 aromatic heterocycles. The van der Waals surface area contributed by atoms with Crippen molar-refractivity contribution in [2.45, 2.75) is 46.3 Å². The molecular weight excluding hydrogens is 358 g/mol. The number of aromatic hydroxyl groups is 1. The first-order chi connectivity index (χ1) is 13.4. The molecule has 3 rings (SSSR count). The Kier molecular flexibility index (Phi) is 6.18. The van der Waals surface area contributed by atoms with Crippen molar-refractivity contribution in [2.75, 3.05) is 20.2 Å². The lowest BCUT2D eigenvalue weighted by molar-refractivity contribution is -0.124. The highest BCUT2D eigenvalue weighted by molar-refractivity contribution is 5.78. The number of methoxy groups -OCH3 is 1. The highest BCUT2D eigenvalue weighted by Gasteiger charge is 2.23. The van der Waals surface area contributed by atoms with Crippen LogP contribution in [0.1, 0.15) is 44.0 Å². The second-order valence-electron chi connectivity index (χ2n) is 7.53. The Morgan fingerprint density at radius 1 is 1.25 bits per heavy atom. The van der Waals surface area contributed by atoms with Gasteiger partial charge >= 0.3 is 0 Å². The summed E-state index contributed by atoms with van der Waals surface area (Å²) in [5, 5.41) is 21.3. The molecule has 28 heavy (non-hydrogen) atoms. The third-order valence-corrected chi connectivity index (χ3v) is 5.08. The van der Waals surface area contributed by atoms with Crippen LogP contribution in [0.3, 0.4) is 0 Å². The molecule has 2 aromatic rings. The van der Waals surface area contributed by atoms with Crippen LogP contribution in [-0.2, 0) is 24.3 Å². The SMILES string of the molecule is COc1cc(O)ccc1CN1CCc2nnc([C@@H](C)NC(=O)C(C)C)n2CC1. The van der Waals surface area contributed by atoms with Gasteiger partial charge in [0.25, 0.3) is 0 Å². The number of rotatable bonds is 6. The summed E-state index contributed by atoms with van der Waals surface area (Å²) in [5.74, 6) is 2.58. The maximum Gasteiger partial charge on any atom is 0.223 e. The van der Waals surface area contributed by atoms with Gasteiger partial charge in [-0.15, -0.1) is 10.2 Å². The van der Waals surface area contributed by atoms with E-state index in [0.29, 0.717) is 5.75 Å². The summed E-state index contributed by atoms with van der Waals surface area (Å²) < 4.78 is 7.52. The molecule has 1 aromatic carbocycles. The zero-order valence-electron chi connectivity index (χ0n) is 17.0. The molecule has 2 N–H and O–H groups in total. The monoisotopic (exact) mass is 387 g/mol. The van der Waals surface area contributed by atoms with E-state index in [0.717, 1.165) is 49.8 Å². The topological polar surface area (TPSA) is 92.5 Å². The van der Waals surface area contributed by atoms with Gasteiger partial charge in [-0.2, -0.15) is 0 Å². The Hall–Kier alpha value is -2.61. The lowest BCUT2D eigenvalue weighted by Gasteiger charge is -2.21. The molecule has 0 fully saturated rings. The van der Waals surface area contributed by atoms with Crippen LogP contribution >= 0.6 is 0 Å². The van der Waals surface area contributed by atoms with Gasteiger partial charge < -0.3 is 19.7 Å². The molecule has 152 valence electrons. The summed E-state index contributed by atoms with van der Waals surface area (Å²) in [5.41, 5.74) is 1.04. The van der Waals surface area contributed by atoms with Crippen LogP contribution in [-0.4, -0.2) is 50.9 Å². The van der Waals surface area contributed by atoms with E-state index in [1.807, 2.05) is 26.8 Å². The van der Waals surface area contributed by atoms with E-state index in [2.05, 4.69) is 25.0 Å². The third kappa shape index (κ3) is 4.44. The first-order valence-corrected chi connectivity index (χ1v) is 9.69. The van der Waals surface area contributed by atoms with Crippen LogP contribution in [0.25, 0.3) is 0 Å². The number of nitrogens with zero attached hydrogens (tertiary/aromatic N) is 4. The van der Waals surface area contributed by atoms with Gasteiger partial charge in [0.15, 0.2) is 5.82 Å². The smallest absolute Gasteiger partial charge is 0.223 e. The molecule has 8 nitrogen and oxygen atoms in total. The lowest BCUT2D eigenvalue weighted by Crippen LogP contribution is -2.32. The van der Waals surface area contributed by atoms with Crippen LogP contribution < -0.4 is 10.1 Å². The average molecular weight is 387 g/mol. The highest BCUT2D eigenvalue weighted by Crippen LogP contribution is 2.26. The fraction of sp³-hybridized carbons (Fsp3) is 0.550. The second kappa shape index (κ2) is 8.60. The van der Waals surface area contributed by atoms with E-state index < -0.39 is 0 Å². The first kappa shape index (κ1) is 20.1. The molecular formula is C20H29N5O3. The summed E-state index contributed by atoms with van der Waals surface area (Å²) in [6.45, 7) is 8.89. The van der Waals surface area contributed by atoms with Crippen molar-refractivity contribution in [3.8, 4) is 11.5 Å². The van der Waals surface area contributed by atoms with Gasteiger partial charge in [0.1, 0.15) is 17.3 Å². The zero-order chi connectivity index (χ0) is 20.3. The van der Waals surface area contributed by atoms with E-state index in [9.17, 15) is 9.90 Å². The molecule has 1 aliphatic heterocycles. The van der Waals surface area contributed by atoms with Crippen molar-refractivity contribution in [3.05, 3.63) is 35.4 Å². The molecule has 0 aliphatic carbocycles. The minimum absolute atomic E-state index is 0.0134. The zero-order valence-corrected chi connectivity index (χ0v) is 17.0. The highest BCUT2D eigenvalue weighted by atomic mass is 16.5. The number of benzene rings is 1. The number of aromatic nitrogens is 3. The van der Waals surface area contributed by atoms with E-state index in [1.165, 1.54) is 0 Å². The average Bonchev–Trinajstić information content (AvgIpc) is 2.97. The van der Waals surface area contributed by atoms with Crippen LogP contribution in [0, 0.1) is 5.92 Å². The number of phenols is 1. The number of amides is 1. The fourth-order valence-corrected chi connectivity index (χ4v) is 3.42. The van der Waals surface area contributed by atoms with E-state index in [-0.39, 0.29) is 23.6 Å². The Bertz CT molecular complexity index is 833. The summed E-state index contributed by atoms with van der Waals surface area (Å²) in [4.78, 5) is 14.4. The molecule has 1 aliphatic rings. The lowest BCUT2D eigenvalue weighted by atomic mass is 10.1. The number of nitrogens with one attached hydrogen (secondary N) is 1. The Labute approximate surface area is 165 Å². The Morgan fingerprint density at radius 3 is 2.75 bits per heavy atom. The van der Waals surface area contributed by atoms with Gasteiger partial charge in [-0.1, -0.05) is 19.9 Å². The number of phenolic OH excluding ortho intramolecular Hbond substituents is 1. The van der Waals surface area contributed by atoms with Crippen molar-refractivity contribution in [3.63, 3.8) is 0 Å². The molecule has 0 unspecified atom stereocenters. The molecule has 0 saturated heterocycles. The predicted octanol–water partition coefficient (Wildman–Crippen LogP) is 1.88. The van der Waals surface area contributed by atoms with E-state index >= 15 is 0 Å². The van der Waals surface area contributed by atoms with Gasteiger partial charge in [0, 0.05) is 50.1 Å². The van der Waals surface area contributed by atoms with Crippen molar-refractivity contribution >= 4 is 5.91 Å². The molecule has 0 bridgehead atoms.